The van der Waals surface area contributed by atoms with Crippen molar-refractivity contribution in [3.63, 3.8) is 0 Å². The van der Waals surface area contributed by atoms with Crippen molar-refractivity contribution < 1.29 is 0 Å². The Hall–Kier alpha value is -1.64. The van der Waals surface area contributed by atoms with E-state index in [4.69, 9.17) is 0 Å². The van der Waals surface area contributed by atoms with E-state index < -0.39 is 0 Å². The maximum atomic E-state index is 3.43. The molecule has 3 rings (SSSR count). The SMILES string of the molecule is CCCCNCCc1ccccc1.N.c1ccc2c(c1)CC2. The normalized spacial score (nSPS) is 11.3. The first kappa shape index (κ1) is 18.4. The van der Waals surface area contributed by atoms with E-state index in [1.807, 2.05) is 0 Å². The van der Waals surface area contributed by atoms with Crippen molar-refractivity contribution >= 4 is 0 Å². The third-order valence-electron chi connectivity index (χ3n) is 3.92. The Bertz CT molecular complexity index is 485. The largest absolute Gasteiger partial charge is 0.344 e. The van der Waals surface area contributed by atoms with Crippen LogP contribution in [0.15, 0.2) is 54.6 Å². The van der Waals surface area contributed by atoms with Crippen LogP contribution in [0.5, 0.6) is 0 Å². The quantitative estimate of drug-likeness (QED) is 0.768. The molecular formula is C20H30N2. The fraction of sp³-hybridized carbons (Fsp3) is 0.400. The van der Waals surface area contributed by atoms with Crippen molar-refractivity contribution in [2.24, 2.45) is 0 Å². The minimum atomic E-state index is 0. The summed E-state index contributed by atoms with van der Waals surface area (Å²) in [6.45, 7) is 4.48. The molecule has 0 amide bonds. The Morgan fingerprint density at radius 1 is 0.818 bits per heavy atom. The van der Waals surface area contributed by atoms with Gasteiger partial charge in [-0.2, -0.15) is 0 Å². The molecule has 0 aromatic heterocycles. The van der Waals surface area contributed by atoms with E-state index in [-0.39, 0.29) is 6.15 Å². The molecule has 0 aliphatic heterocycles. The first-order valence-electron chi connectivity index (χ1n) is 8.21. The molecule has 120 valence electrons. The molecule has 22 heavy (non-hydrogen) atoms. The maximum absolute atomic E-state index is 3.43. The first-order valence-corrected chi connectivity index (χ1v) is 8.21. The van der Waals surface area contributed by atoms with Crippen molar-refractivity contribution in [1.29, 1.82) is 0 Å². The molecule has 2 heteroatoms. The minimum absolute atomic E-state index is 0. The molecule has 0 fully saturated rings. The highest BCUT2D eigenvalue weighted by atomic mass is 14.8. The second-order valence-corrected chi connectivity index (χ2v) is 5.61. The van der Waals surface area contributed by atoms with Gasteiger partial charge in [0.1, 0.15) is 0 Å². The van der Waals surface area contributed by atoms with E-state index in [2.05, 4.69) is 66.8 Å². The molecule has 1 aliphatic rings. The highest BCUT2D eigenvalue weighted by molar-refractivity contribution is 5.34. The van der Waals surface area contributed by atoms with Gasteiger partial charge in [-0.3, -0.25) is 0 Å². The van der Waals surface area contributed by atoms with Crippen LogP contribution in [0.25, 0.3) is 0 Å². The minimum Gasteiger partial charge on any atom is -0.344 e. The maximum Gasteiger partial charge on any atom is -0.000835 e. The number of fused-ring (bicyclic) bond motifs is 1. The average molecular weight is 298 g/mol. The summed E-state index contributed by atoms with van der Waals surface area (Å²) >= 11 is 0. The molecular weight excluding hydrogens is 268 g/mol. The van der Waals surface area contributed by atoms with E-state index in [0.29, 0.717) is 0 Å². The topological polar surface area (TPSA) is 47.0 Å². The summed E-state index contributed by atoms with van der Waals surface area (Å²) in [5.41, 5.74) is 4.52. The second-order valence-electron chi connectivity index (χ2n) is 5.61. The van der Waals surface area contributed by atoms with Crippen molar-refractivity contribution in [2.45, 2.75) is 39.0 Å². The molecule has 1 aliphatic carbocycles. The molecule has 0 spiro atoms. The van der Waals surface area contributed by atoms with Crippen molar-refractivity contribution in [3.8, 4) is 0 Å². The summed E-state index contributed by atoms with van der Waals surface area (Å²) in [6.07, 6.45) is 6.31. The average Bonchev–Trinajstić information content (AvgIpc) is 2.50. The van der Waals surface area contributed by atoms with Crippen LogP contribution in [0, 0.1) is 0 Å². The Labute approximate surface area is 135 Å². The first-order chi connectivity index (χ1) is 10.4. The zero-order valence-corrected chi connectivity index (χ0v) is 13.9. The standard InChI is InChI=1S/C12H19N.C8H8.H3N/c1-2-3-10-13-11-9-12-7-5-4-6-8-12;1-2-4-8-6-5-7(8)3-1;/h4-8,13H,2-3,9-11H2,1H3;1-4H,5-6H2;1H3. The van der Waals surface area contributed by atoms with E-state index in [1.165, 1.54) is 31.2 Å². The third-order valence-corrected chi connectivity index (χ3v) is 3.92. The van der Waals surface area contributed by atoms with Gasteiger partial charge in [-0.05, 0) is 55.5 Å². The predicted octanol–water partition coefficient (Wildman–Crippen LogP) is 4.57. The van der Waals surface area contributed by atoms with Gasteiger partial charge in [0.25, 0.3) is 0 Å². The van der Waals surface area contributed by atoms with Gasteiger partial charge in [0, 0.05) is 0 Å². The van der Waals surface area contributed by atoms with Gasteiger partial charge in [0.2, 0.25) is 0 Å². The predicted molar refractivity (Wildman–Crippen MR) is 96.8 cm³/mol. The lowest BCUT2D eigenvalue weighted by Gasteiger charge is -2.16. The molecule has 2 nitrogen and oxygen atoms in total. The van der Waals surface area contributed by atoms with E-state index in [0.717, 1.165) is 19.5 Å². The molecule has 0 radical (unpaired) electrons. The van der Waals surface area contributed by atoms with Crippen LogP contribution in [0.3, 0.4) is 0 Å². The van der Waals surface area contributed by atoms with E-state index in [9.17, 15) is 0 Å². The van der Waals surface area contributed by atoms with Crippen LogP contribution in [-0.2, 0) is 19.3 Å². The lowest BCUT2D eigenvalue weighted by Crippen LogP contribution is -2.18. The number of rotatable bonds is 6. The molecule has 4 N–H and O–H groups in total. The highest BCUT2D eigenvalue weighted by Gasteiger charge is 2.09. The molecule has 2 aromatic carbocycles. The summed E-state index contributed by atoms with van der Waals surface area (Å²) in [7, 11) is 0. The van der Waals surface area contributed by atoms with Gasteiger partial charge < -0.3 is 11.5 Å². The fourth-order valence-corrected chi connectivity index (χ4v) is 2.44. The number of unbranched alkanes of at least 4 members (excludes halogenated alkanes) is 1. The van der Waals surface area contributed by atoms with E-state index in [1.54, 1.807) is 11.1 Å². The Morgan fingerprint density at radius 2 is 1.41 bits per heavy atom. The van der Waals surface area contributed by atoms with Gasteiger partial charge >= 0.3 is 0 Å². The van der Waals surface area contributed by atoms with Gasteiger partial charge in [0.15, 0.2) is 0 Å². The zero-order valence-electron chi connectivity index (χ0n) is 13.9. The van der Waals surface area contributed by atoms with Crippen LogP contribution in [0.4, 0.5) is 0 Å². The van der Waals surface area contributed by atoms with Crippen LogP contribution in [0.2, 0.25) is 0 Å². The van der Waals surface area contributed by atoms with Crippen LogP contribution >= 0.6 is 0 Å². The molecule has 0 saturated heterocycles. The summed E-state index contributed by atoms with van der Waals surface area (Å²) in [6, 6.07) is 19.3. The van der Waals surface area contributed by atoms with Crippen LogP contribution < -0.4 is 11.5 Å². The third kappa shape index (κ3) is 6.42. The van der Waals surface area contributed by atoms with Crippen LogP contribution in [-0.4, -0.2) is 13.1 Å². The summed E-state index contributed by atoms with van der Waals surface area (Å²) in [4.78, 5) is 0. The molecule has 0 bridgehead atoms. The molecule has 0 atom stereocenters. The number of nitrogens with one attached hydrogen (secondary N) is 1. The highest BCUT2D eigenvalue weighted by Crippen LogP contribution is 2.20. The van der Waals surface area contributed by atoms with Gasteiger partial charge in [-0.15, -0.1) is 0 Å². The molecule has 0 unspecified atom stereocenters. The summed E-state index contributed by atoms with van der Waals surface area (Å²) < 4.78 is 0. The van der Waals surface area contributed by atoms with Crippen molar-refractivity contribution in [3.05, 3.63) is 71.3 Å². The number of benzene rings is 2. The Morgan fingerprint density at radius 3 is 1.91 bits per heavy atom. The van der Waals surface area contributed by atoms with E-state index >= 15 is 0 Å². The lowest BCUT2D eigenvalue weighted by molar-refractivity contribution is 0.640. The molecule has 0 heterocycles. The Kier molecular flexibility index (Phi) is 9.20. The fourth-order valence-electron chi connectivity index (χ4n) is 2.44. The number of hydrogen-bond acceptors (Lipinski definition) is 2. The smallest absolute Gasteiger partial charge is 0.000835 e. The monoisotopic (exact) mass is 298 g/mol. The van der Waals surface area contributed by atoms with Crippen molar-refractivity contribution in [2.75, 3.05) is 13.1 Å². The van der Waals surface area contributed by atoms with Gasteiger partial charge in [-0.1, -0.05) is 67.9 Å². The molecule has 2 aromatic rings. The summed E-state index contributed by atoms with van der Waals surface area (Å²) in [5.74, 6) is 0. The zero-order chi connectivity index (χ0) is 14.8. The lowest BCUT2D eigenvalue weighted by atomic mass is 9.89. The Balaban J connectivity index is 0.000000230. The summed E-state index contributed by atoms with van der Waals surface area (Å²) in [5, 5.41) is 3.43. The molecule has 0 saturated carbocycles. The van der Waals surface area contributed by atoms with Gasteiger partial charge in [0.05, 0.1) is 0 Å². The van der Waals surface area contributed by atoms with Crippen LogP contribution in [0.1, 0.15) is 36.5 Å². The number of aryl methyl sites for hydroxylation is 2. The van der Waals surface area contributed by atoms with Crippen molar-refractivity contribution in [1.82, 2.24) is 11.5 Å². The number of hydrogen-bond donors (Lipinski definition) is 2. The second kappa shape index (κ2) is 11.0. The van der Waals surface area contributed by atoms with Gasteiger partial charge in [-0.25, -0.2) is 0 Å².